The highest BCUT2D eigenvalue weighted by molar-refractivity contribution is 5.94. The van der Waals surface area contributed by atoms with Crippen molar-refractivity contribution in [3.05, 3.63) is 29.6 Å². The van der Waals surface area contributed by atoms with Gasteiger partial charge in [0.1, 0.15) is 5.82 Å². The monoisotopic (exact) mass is 251 g/mol. The fourth-order valence-corrected chi connectivity index (χ4v) is 2.10. The van der Waals surface area contributed by atoms with Gasteiger partial charge in [-0.25, -0.2) is 4.39 Å². The van der Waals surface area contributed by atoms with Gasteiger partial charge in [0.25, 0.3) is 5.91 Å². The molecule has 1 aromatic carbocycles. The standard InChI is InChI=1S/C13H18FN3O/c14-11-9-10(3-4-12(11)15)13(18)16-5-8-17-6-1-2-7-17/h3-4,9H,1-2,5-8,15H2,(H,16,18). The molecular formula is C13H18FN3O. The predicted molar refractivity (Wildman–Crippen MR) is 68.8 cm³/mol. The van der Waals surface area contributed by atoms with Crippen molar-refractivity contribution in [3.63, 3.8) is 0 Å². The minimum Gasteiger partial charge on any atom is -0.396 e. The van der Waals surface area contributed by atoms with Crippen LogP contribution in [-0.2, 0) is 0 Å². The van der Waals surface area contributed by atoms with Gasteiger partial charge in [0.15, 0.2) is 0 Å². The van der Waals surface area contributed by atoms with Crippen molar-refractivity contribution < 1.29 is 9.18 Å². The first-order valence-electron chi connectivity index (χ1n) is 6.22. The van der Waals surface area contributed by atoms with Crippen LogP contribution in [0.4, 0.5) is 10.1 Å². The first kappa shape index (κ1) is 12.8. The molecule has 0 atom stereocenters. The molecule has 0 spiro atoms. The van der Waals surface area contributed by atoms with Gasteiger partial charge in [-0.2, -0.15) is 0 Å². The van der Waals surface area contributed by atoms with Crippen LogP contribution in [0.15, 0.2) is 18.2 Å². The molecule has 0 bridgehead atoms. The molecule has 98 valence electrons. The van der Waals surface area contributed by atoms with Gasteiger partial charge in [-0.1, -0.05) is 0 Å². The summed E-state index contributed by atoms with van der Waals surface area (Å²) in [6.45, 7) is 3.65. The van der Waals surface area contributed by atoms with Crippen LogP contribution in [0.5, 0.6) is 0 Å². The molecule has 1 aromatic rings. The largest absolute Gasteiger partial charge is 0.396 e. The second-order valence-corrected chi connectivity index (χ2v) is 4.54. The first-order chi connectivity index (χ1) is 8.66. The maximum atomic E-state index is 13.2. The Kier molecular flexibility index (Phi) is 4.15. The van der Waals surface area contributed by atoms with Crippen LogP contribution < -0.4 is 11.1 Å². The second kappa shape index (κ2) is 5.82. The number of carbonyl (C=O) groups is 1. The number of carbonyl (C=O) groups excluding carboxylic acids is 1. The van der Waals surface area contributed by atoms with Crippen molar-refractivity contribution in [2.45, 2.75) is 12.8 Å². The molecule has 4 nitrogen and oxygen atoms in total. The number of nitrogens with one attached hydrogen (secondary N) is 1. The minimum atomic E-state index is -0.554. The lowest BCUT2D eigenvalue weighted by Gasteiger charge is -2.14. The average molecular weight is 251 g/mol. The third-order valence-electron chi connectivity index (χ3n) is 3.17. The van der Waals surface area contributed by atoms with Crippen molar-refractivity contribution in [1.82, 2.24) is 10.2 Å². The smallest absolute Gasteiger partial charge is 0.251 e. The summed E-state index contributed by atoms with van der Waals surface area (Å²) in [5, 5.41) is 2.78. The molecule has 0 radical (unpaired) electrons. The number of halogens is 1. The fraction of sp³-hybridized carbons (Fsp3) is 0.462. The van der Waals surface area contributed by atoms with Crippen molar-refractivity contribution in [2.24, 2.45) is 0 Å². The number of likely N-dealkylation sites (tertiary alicyclic amines) is 1. The topological polar surface area (TPSA) is 58.4 Å². The zero-order chi connectivity index (χ0) is 13.0. The summed E-state index contributed by atoms with van der Waals surface area (Å²) in [5.74, 6) is -0.810. The van der Waals surface area contributed by atoms with Gasteiger partial charge in [-0.15, -0.1) is 0 Å². The molecule has 1 saturated heterocycles. The zero-order valence-electron chi connectivity index (χ0n) is 10.3. The number of amides is 1. The molecule has 1 aliphatic heterocycles. The Balaban J connectivity index is 1.81. The SMILES string of the molecule is Nc1ccc(C(=O)NCCN2CCCC2)cc1F. The average Bonchev–Trinajstić information content (AvgIpc) is 2.85. The summed E-state index contributed by atoms with van der Waals surface area (Å²) in [5.41, 5.74) is 5.73. The summed E-state index contributed by atoms with van der Waals surface area (Å²) in [7, 11) is 0. The number of hydrogen-bond acceptors (Lipinski definition) is 3. The lowest BCUT2D eigenvalue weighted by Crippen LogP contribution is -2.33. The zero-order valence-corrected chi connectivity index (χ0v) is 10.3. The third-order valence-corrected chi connectivity index (χ3v) is 3.17. The molecule has 0 aromatic heterocycles. The molecule has 2 rings (SSSR count). The number of nitrogens with zero attached hydrogens (tertiary/aromatic N) is 1. The molecule has 1 amide bonds. The molecule has 0 saturated carbocycles. The van der Waals surface area contributed by atoms with Crippen molar-refractivity contribution in [2.75, 3.05) is 31.9 Å². The summed E-state index contributed by atoms with van der Waals surface area (Å²) in [6, 6.07) is 4.11. The van der Waals surface area contributed by atoms with Crippen LogP contribution in [-0.4, -0.2) is 37.0 Å². The number of hydrogen-bond donors (Lipinski definition) is 2. The quantitative estimate of drug-likeness (QED) is 0.791. The molecule has 1 aliphatic rings. The Bertz CT molecular complexity index is 430. The van der Waals surface area contributed by atoms with E-state index in [0.29, 0.717) is 12.1 Å². The first-order valence-corrected chi connectivity index (χ1v) is 6.22. The number of nitrogens with two attached hydrogens (primary N) is 1. The molecule has 0 aliphatic carbocycles. The van der Waals surface area contributed by atoms with Gasteiger partial charge in [0.2, 0.25) is 0 Å². The highest BCUT2D eigenvalue weighted by atomic mass is 19.1. The molecule has 1 heterocycles. The molecule has 5 heteroatoms. The van der Waals surface area contributed by atoms with E-state index in [4.69, 9.17) is 5.73 Å². The van der Waals surface area contributed by atoms with Crippen molar-refractivity contribution in [3.8, 4) is 0 Å². The summed E-state index contributed by atoms with van der Waals surface area (Å²) < 4.78 is 13.2. The summed E-state index contributed by atoms with van der Waals surface area (Å²) >= 11 is 0. The van der Waals surface area contributed by atoms with E-state index in [1.54, 1.807) is 0 Å². The predicted octanol–water partition coefficient (Wildman–Crippen LogP) is 1.23. The van der Waals surface area contributed by atoms with Gasteiger partial charge in [0.05, 0.1) is 5.69 Å². The van der Waals surface area contributed by atoms with Crippen LogP contribution >= 0.6 is 0 Å². The van der Waals surface area contributed by atoms with Crippen LogP contribution in [0.3, 0.4) is 0 Å². The second-order valence-electron chi connectivity index (χ2n) is 4.54. The van der Waals surface area contributed by atoms with E-state index in [9.17, 15) is 9.18 Å². The van der Waals surface area contributed by atoms with E-state index in [-0.39, 0.29) is 11.6 Å². The third kappa shape index (κ3) is 3.20. The van der Waals surface area contributed by atoms with Crippen LogP contribution in [0.2, 0.25) is 0 Å². The minimum absolute atomic E-state index is 0.0589. The van der Waals surface area contributed by atoms with Gasteiger partial charge >= 0.3 is 0 Å². The van der Waals surface area contributed by atoms with E-state index in [0.717, 1.165) is 19.6 Å². The van der Waals surface area contributed by atoms with Crippen LogP contribution in [0.1, 0.15) is 23.2 Å². The van der Waals surface area contributed by atoms with E-state index >= 15 is 0 Å². The van der Waals surface area contributed by atoms with Crippen molar-refractivity contribution in [1.29, 1.82) is 0 Å². The normalized spacial score (nSPS) is 15.8. The molecule has 3 N–H and O–H groups in total. The Morgan fingerprint density at radius 3 is 2.78 bits per heavy atom. The Morgan fingerprint density at radius 1 is 1.39 bits per heavy atom. The number of anilines is 1. The Hall–Kier alpha value is -1.62. The number of benzene rings is 1. The van der Waals surface area contributed by atoms with Crippen LogP contribution in [0, 0.1) is 5.82 Å². The van der Waals surface area contributed by atoms with Gasteiger partial charge < -0.3 is 16.0 Å². The summed E-state index contributed by atoms with van der Waals surface area (Å²) in [4.78, 5) is 14.1. The van der Waals surface area contributed by atoms with Crippen molar-refractivity contribution >= 4 is 11.6 Å². The fourth-order valence-electron chi connectivity index (χ4n) is 2.10. The molecule has 0 unspecified atom stereocenters. The van der Waals surface area contributed by atoms with E-state index in [1.165, 1.54) is 31.0 Å². The van der Waals surface area contributed by atoms with E-state index in [1.807, 2.05) is 0 Å². The Labute approximate surface area is 106 Å². The Morgan fingerprint density at radius 2 is 2.11 bits per heavy atom. The van der Waals surface area contributed by atoms with Gasteiger partial charge in [0, 0.05) is 18.7 Å². The highest BCUT2D eigenvalue weighted by Gasteiger charge is 2.12. The molecule has 1 fully saturated rings. The lowest BCUT2D eigenvalue weighted by molar-refractivity contribution is 0.0949. The van der Waals surface area contributed by atoms with E-state index < -0.39 is 5.82 Å². The summed E-state index contributed by atoms with van der Waals surface area (Å²) in [6.07, 6.45) is 2.47. The number of rotatable bonds is 4. The highest BCUT2D eigenvalue weighted by Crippen LogP contribution is 2.11. The maximum absolute atomic E-state index is 13.2. The number of nitrogen functional groups attached to an aromatic ring is 1. The van der Waals surface area contributed by atoms with Gasteiger partial charge in [-0.05, 0) is 44.1 Å². The maximum Gasteiger partial charge on any atom is 0.251 e. The lowest BCUT2D eigenvalue weighted by atomic mass is 10.2. The van der Waals surface area contributed by atoms with Crippen LogP contribution in [0.25, 0.3) is 0 Å². The molecule has 18 heavy (non-hydrogen) atoms. The van der Waals surface area contributed by atoms with E-state index in [2.05, 4.69) is 10.2 Å². The molecular weight excluding hydrogens is 233 g/mol. The van der Waals surface area contributed by atoms with Gasteiger partial charge in [-0.3, -0.25) is 4.79 Å².